The third-order valence-corrected chi connectivity index (χ3v) is 11.8. The molecule has 3 heterocycles. The second-order valence-corrected chi connectivity index (χ2v) is 15.4. The van der Waals surface area contributed by atoms with Crippen LogP contribution in [0.5, 0.6) is 0 Å². The van der Waals surface area contributed by atoms with Crippen LogP contribution in [0.3, 0.4) is 0 Å². The van der Waals surface area contributed by atoms with Gasteiger partial charge >= 0.3 is 0 Å². The Labute approximate surface area is 351 Å². The van der Waals surface area contributed by atoms with Crippen LogP contribution in [-0.2, 0) is 0 Å². The van der Waals surface area contributed by atoms with Gasteiger partial charge < -0.3 is 0 Å². The van der Waals surface area contributed by atoms with Gasteiger partial charge in [-0.05, 0) is 57.3 Å². The van der Waals surface area contributed by atoms with E-state index in [0.717, 1.165) is 105 Å². The van der Waals surface area contributed by atoms with Crippen molar-refractivity contribution < 1.29 is 0 Å². The van der Waals surface area contributed by atoms with Crippen LogP contribution < -0.4 is 0 Å². The maximum absolute atomic E-state index is 5.47. The van der Waals surface area contributed by atoms with E-state index >= 15 is 0 Å². The van der Waals surface area contributed by atoms with E-state index in [1.165, 1.54) is 5.39 Å². The number of imidazole rings is 1. The summed E-state index contributed by atoms with van der Waals surface area (Å²) >= 11 is 0. The average Bonchev–Trinajstić information content (AvgIpc) is 3.74. The van der Waals surface area contributed by atoms with Gasteiger partial charge in [-0.15, -0.1) is 0 Å². The fourth-order valence-corrected chi connectivity index (χ4v) is 8.93. The predicted molar refractivity (Wildman–Crippen MR) is 252 cm³/mol. The van der Waals surface area contributed by atoms with Crippen LogP contribution in [0.1, 0.15) is 0 Å². The summed E-state index contributed by atoms with van der Waals surface area (Å²) in [5.74, 6) is 1.57. The minimum atomic E-state index is 0.689. The fraction of sp³-hybridized carbons (Fsp3) is 0. The van der Waals surface area contributed by atoms with Gasteiger partial charge in [-0.1, -0.05) is 182 Å². The van der Waals surface area contributed by atoms with Crippen molar-refractivity contribution in [1.82, 2.24) is 24.5 Å². The molecule has 0 aliphatic carbocycles. The SMILES string of the molecule is c1ccc(-c2nc3c4c(-c5ccc(-c6cc(-c7cccc8ccccc78)nc(-c7cccc8ccccc78)n6)cc5)nc5ccccc5c4ccc3n2-c2ccccc2)cc1. The number of fused-ring (bicyclic) bond motifs is 7. The van der Waals surface area contributed by atoms with Gasteiger partial charge in [0, 0.05) is 44.3 Å². The quantitative estimate of drug-likeness (QED) is 0.158. The lowest BCUT2D eigenvalue weighted by atomic mass is 9.97. The lowest BCUT2D eigenvalue weighted by molar-refractivity contribution is 1.10. The van der Waals surface area contributed by atoms with E-state index in [9.17, 15) is 0 Å². The van der Waals surface area contributed by atoms with Gasteiger partial charge in [0.2, 0.25) is 0 Å². The summed E-state index contributed by atoms with van der Waals surface area (Å²) in [6.45, 7) is 0. The second-order valence-electron chi connectivity index (χ2n) is 15.4. The normalized spacial score (nSPS) is 11.6. The van der Waals surface area contributed by atoms with Crippen molar-refractivity contribution in [1.29, 1.82) is 0 Å². The van der Waals surface area contributed by atoms with Crippen molar-refractivity contribution in [2.45, 2.75) is 0 Å². The van der Waals surface area contributed by atoms with Gasteiger partial charge in [-0.3, -0.25) is 4.57 Å². The number of hydrogen-bond acceptors (Lipinski definition) is 4. The lowest BCUT2D eigenvalue weighted by Gasteiger charge is -2.14. The van der Waals surface area contributed by atoms with Crippen molar-refractivity contribution >= 4 is 54.3 Å². The Morgan fingerprint density at radius 3 is 1.70 bits per heavy atom. The Kier molecular flexibility index (Phi) is 8.10. The minimum Gasteiger partial charge on any atom is -0.292 e. The first-order chi connectivity index (χ1) is 30.2. The van der Waals surface area contributed by atoms with Crippen LogP contribution in [0, 0.1) is 0 Å². The van der Waals surface area contributed by atoms with Crippen molar-refractivity contribution in [2.24, 2.45) is 0 Å². The van der Waals surface area contributed by atoms with Gasteiger partial charge in [0.15, 0.2) is 5.82 Å². The number of rotatable bonds is 6. The molecule has 0 aliphatic heterocycles. The van der Waals surface area contributed by atoms with Gasteiger partial charge in [-0.25, -0.2) is 19.9 Å². The van der Waals surface area contributed by atoms with Crippen LogP contribution in [0.2, 0.25) is 0 Å². The highest BCUT2D eigenvalue weighted by Gasteiger charge is 2.21. The maximum atomic E-state index is 5.47. The van der Waals surface area contributed by atoms with Gasteiger partial charge in [0.05, 0.1) is 33.6 Å². The largest absolute Gasteiger partial charge is 0.292 e. The summed E-state index contributed by atoms with van der Waals surface area (Å²) in [7, 11) is 0. The summed E-state index contributed by atoms with van der Waals surface area (Å²) in [5.41, 5.74) is 11.6. The fourth-order valence-electron chi connectivity index (χ4n) is 8.93. The monoisotopic (exact) mass is 777 g/mol. The van der Waals surface area contributed by atoms with Crippen molar-refractivity contribution in [3.05, 3.63) is 212 Å². The highest BCUT2D eigenvalue weighted by atomic mass is 15.1. The number of benzene rings is 9. The molecule has 12 rings (SSSR count). The molecule has 0 bridgehead atoms. The van der Waals surface area contributed by atoms with Crippen LogP contribution in [0.25, 0.3) is 116 Å². The number of nitrogens with zero attached hydrogens (tertiary/aromatic N) is 5. The van der Waals surface area contributed by atoms with E-state index in [0.29, 0.717) is 5.82 Å². The van der Waals surface area contributed by atoms with Crippen LogP contribution in [0.15, 0.2) is 212 Å². The Balaban J connectivity index is 1.07. The molecular weight excluding hydrogens is 743 g/mol. The van der Waals surface area contributed by atoms with E-state index in [4.69, 9.17) is 19.9 Å². The summed E-state index contributed by atoms with van der Waals surface area (Å²) in [4.78, 5) is 21.4. The molecule has 0 radical (unpaired) electrons. The molecule has 12 aromatic rings. The third-order valence-electron chi connectivity index (χ3n) is 11.8. The van der Waals surface area contributed by atoms with Crippen LogP contribution in [-0.4, -0.2) is 24.5 Å². The Bertz CT molecular complexity index is 3520. The molecular formula is C56H35N5. The summed E-state index contributed by atoms with van der Waals surface area (Å²) in [6, 6.07) is 74.2. The predicted octanol–water partition coefficient (Wildman–Crippen LogP) is 14.2. The van der Waals surface area contributed by atoms with Crippen molar-refractivity contribution in [3.63, 3.8) is 0 Å². The molecule has 0 atom stereocenters. The summed E-state index contributed by atoms with van der Waals surface area (Å²) < 4.78 is 2.27. The molecule has 9 aromatic carbocycles. The molecule has 0 fully saturated rings. The third kappa shape index (κ3) is 5.86. The van der Waals surface area contributed by atoms with E-state index in [1.54, 1.807) is 0 Å². The highest BCUT2D eigenvalue weighted by Crippen LogP contribution is 2.41. The number of para-hydroxylation sites is 2. The molecule has 0 aliphatic rings. The smallest absolute Gasteiger partial charge is 0.161 e. The second kappa shape index (κ2) is 14.2. The first-order valence-electron chi connectivity index (χ1n) is 20.6. The first-order valence-corrected chi connectivity index (χ1v) is 20.6. The zero-order valence-electron chi connectivity index (χ0n) is 32.9. The molecule has 0 saturated heterocycles. The molecule has 0 N–H and O–H groups in total. The average molecular weight is 778 g/mol. The van der Waals surface area contributed by atoms with E-state index in [-0.39, 0.29) is 0 Å². The Morgan fingerprint density at radius 1 is 0.361 bits per heavy atom. The van der Waals surface area contributed by atoms with Crippen LogP contribution in [0.4, 0.5) is 0 Å². The molecule has 0 amide bonds. The molecule has 284 valence electrons. The minimum absolute atomic E-state index is 0.689. The Hall–Kier alpha value is -8.28. The molecule has 3 aromatic heterocycles. The molecule has 0 unspecified atom stereocenters. The molecule has 5 nitrogen and oxygen atoms in total. The first kappa shape index (κ1) is 34.7. The van der Waals surface area contributed by atoms with Gasteiger partial charge in [0.1, 0.15) is 5.82 Å². The molecule has 0 saturated carbocycles. The topological polar surface area (TPSA) is 56.5 Å². The van der Waals surface area contributed by atoms with E-state index < -0.39 is 0 Å². The van der Waals surface area contributed by atoms with Gasteiger partial charge in [-0.2, -0.15) is 0 Å². The maximum Gasteiger partial charge on any atom is 0.161 e. The summed E-state index contributed by atoms with van der Waals surface area (Å²) in [6.07, 6.45) is 0. The number of pyridine rings is 1. The lowest BCUT2D eigenvalue weighted by Crippen LogP contribution is -1.97. The number of aromatic nitrogens is 5. The molecule has 5 heteroatoms. The van der Waals surface area contributed by atoms with Crippen molar-refractivity contribution in [2.75, 3.05) is 0 Å². The van der Waals surface area contributed by atoms with E-state index in [2.05, 4.69) is 205 Å². The highest BCUT2D eigenvalue weighted by molar-refractivity contribution is 6.20. The molecule has 61 heavy (non-hydrogen) atoms. The van der Waals surface area contributed by atoms with E-state index in [1.807, 2.05) is 12.1 Å². The summed E-state index contributed by atoms with van der Waals surface area (Å²) in [5, 5.41) is 7.83. The molecule has 0 spiro atoms. The Morgan fingerprint density at radius 2 is 0.951 bits per heavy atom. The van der Waals surface area contributed by atoms with Crippen molar-refractivity contribution in [3.8, 4) is 62.2 Å². The van der Waals surface area contributed by atoms with Gasteiger partial charge in [0.25, 0.3) is 0 Å². The standard InChI is InChI=1S/C56H35N5/c1-3-17-40(18-4-1)56-60-54-51(61(56)41-21-5-2-6-22-41)34-33-46-45-25-11-12-28-48(45)57-53(52(46)54)39-31-29-38(30-32-39)49-35-50(44-26-13-19-36-15-7-9-23-42(36)44)59-55(58-49)47-27-14-20-37-16-8-10-24-43(37)47/h1-35H. The zero-order chi connectivity index (χ0) is 40.3. The number of hydrogen-bond donors (Lipinski definition) is 0. The van der Waals surface area contributed by atoms with Crippen LogP contribution >= 0.6 is 0 Å². The zero-order valence-corrected chi connectivity index (χ0v) is 32.9.